The number of nitrogens with zero attached hydrogens (tertiary/aromatic N) is 3. The molecule has 2 unspecified atom stereocenters. The van der Waals surface area contributed by atoms with E-state index in [2.05, 4.69) is 15.0 Å². The Morgan fingerprint density at radius 3 is 3.08 bits per heavy atom. The van der Waals surface area contributed by atoms with Gasteiger partial charge < -0.3 is 15.0 Å². The average molecular weight is 328 g/mol. The van der Waals surface area contributed by atoms with Gasteiger partial charge in [-0.2, -0.15) is 0 Å². The van der Waals surface area contributed by atoms with Gasteiger partial charge >= 0.3 is 0 Å². The molecule has 7 heteroatoms. The van der Waals surface area contributed by atoms with Crippen LogP contribution in [-0.2, 0) is 11.4 Å². The van der Waals surface area contributed by atoms with E-state index in [0.717, 1.165) is 19.3 Å². The Morgan fingerprint density at radius 1 is 1.38 bits per heavy atom. The Hall–Kier alpha value is -2.54. The predicted octanol–water partition coefficient (Wildman–Crippen LogP) is 2.10. The zero-order valence-corrected chi connectivity index (χ0v) is 12.9. The second-order valence-corrected chi connectivity index (χ2v) is 6.09. The van der Waals surface area contributed by atoms with Gasteiger partial charge in [0.2, 0.25) is 5.91 Å². The van der Waals surface area contributed by atoms with Crippen molar-refractivity contribution in [2.75, 3.05) is 0 Å². The number of fused-ring (bicyclic) bond motifs is 1. The number of pyridine rings is 1. The predicted molar refractivity (Wildman–Crippen MR) is 84.1 cm³/mol. The summed E-state index contributed by atoms with van der Waals surface area (Å²) < 4.78 is 14.3. The van der Waals surface area contributed by atoms with Gasteiger partial charge in [-0.1, -0.05) is 6.08 Å². The molecule has 0 spiro atoms. The van der Waals surface area contributed by atoms with Gasteiger partial charge in [-0.3, -0.25) is 9.78 Å². The van der Waals surface area contributed by atoms with Crippen molar-refractivity contribution in [2.24, 2.45) is 0 Å². The number of hydrogen-bond donors (Lipinski definition) is 2. The van der Waals surface area contributed by atoms with Crippen LogP contribution in [0.2, 0.25) is 0 Å². The minimum atomic E-state index is -0.559. The van der Waals surface area contributed by atoms with Crippen molar-refractivity contribution >= 4 is 5.91 Å². The first-order valence-electron chi connectivity index (χ1n) is 7.97. The number of halogens is 1. The summed E-state index contributed by atoms with van der Waals surface area (Å²) in [4.78, 5) is 25.4. The first kappa shape index (κ1) is 15.0. The number of aromatic amines is 1. The molecule has 2 aromatic heterocycles. The number of amides is 1. The molecule has 24 heavy (non-hydrogen) atoms. The van der Waals surface area contributed by atoms with Crippen molar-refractivity contribution in [3.63, 3.8) is 0 Å². The molecule has 1 amide bonds. The Kier molecular flexibility index (Phi) is 3.65. The summed E-state index contributed by atoms with van der Waals surface area (Å²) in [6.45, 7) is -0.459. The fourth-order valence-corrected chi connectivity index (χ4v) is 3.58. The maximum Gasteiger partial charge on any atom is 0.247 e. The molecule has 0 radical (unpaired) electrons. The molecule has 2 atom stereocenters. The molecular formula is C17H17FN4O2. The average Bonchev–Trinajstić information content (AvgIpc) is 3.22. The normalized spacial score (nSPS) is 22.9. The molecule has 4 rings (SSSR count). The SMILES string of the molecule is O=C1C=CCC2CCC(c3ncc(-c4ccnc(CO)c4F)[nH]3)N12. The lowest BCUT2D eigenvalue weighted by Crippen LogP contribution is -2.38. The minimum absolute atomic E-state index is 0.000857. The van der Waals surface area contributed by atoms with Crippen LogP contribution in [0.4, 0.5) is 4.39 Å². The molecular weight excluding hydrogens is 311 g/mol. The quantitative estimate of drug-likeness (QED) is 0.904. The maximum absolute atomic E-state index is 14.3. The summed E-state index contributed by atoms with van der Waals surface area (Å²) in [5.41, 5.74) is 0.830. The van der Waals surface area contributed by atoms with Crippen LogP contribution in [0.1, 0.15) is 36.8 Å². The van der Waals surface area contributed by atoms with Gasteiger partial charge in [0.15, 0.2) is 5.82 Å². The number of nitrogens with one attached hydrogen (secondary N) is 1. The first-order chi connectivity index (χ1) is 11.7. The number of hydrogen-bond acceptors (Lipinski definition) is 4. The lowest BCUT2D eigenvalue weighted by Gasteiger charge is -2.30. The van der Waals surface area contributed by atoms with Crippen LogP contribution in [0.15, 0.2) is 30.6 Å². The number of carbonyl (C=O) groups is 1. The highest BCUT2D eigenvalue weighted by atomic mass is 19.1. The third-order valence-electron chi connectivity index (χ3n) is 4.74. The van der Waals surface area contributed by atoms with E-state index in [4.69, 9.17) is 5.11 Å². The Bertz CT molecular complexity index is 817. The third-order valence-corrected chi connectivity index (χ3v) is 4.74. The van der Waals surface area contributed by atoms with Crippen LogP contribution in [0.3, 0.4) is 0 Å². The van der Waals surface area contributed by atoms with E-state index < -0.39 is 12.4 Å². The summed E-state index contributed by atoms with van der Waals surface area (Å²) in [6, 6.07) is 1.65. The van der Waals surface area contributed by atoms with Crippen molar-refractivity contribution < 1.29 is 14.3 Å². The molecule has 2 aromatic rings. The molecule has 2 aliphatic heterocycles. The van der Waals surface area contributed by atoms with Crippen LogP contribution < -0.4 is 0 Å². The number of aliphatic hydroxyl groups excluding tert-OH is 1. The van der Waals surface area contributed by atoms with Crippen LogP contribution in [-0.4, -0.2) is 36.9 Å². The second-order valence-electron chi connectivity index (χ2n) is 6.09. The Balaban J connectivity index is 1.66. The van der Waals surface area contributed by atoms with Gasteiger partial charge in [0.05, 0.1) is 24.5 Å². The van der Waals surface area contributed by atoms with Crippen LogP contribution in [0.5, 0.6) is 0 Å². The van der Waals surface area contributed by atoms with E-state index in [-0.39, 0.29) is 23.7 Å². The van der Waals surface area contributed by atoms with E-state index in [1.165, 1.54) is 12.3 Å². The molecule has 0 bridgehead atoms. The van der Waals surface area contributed by atoms with E-state index >= 15 is 0 Å². The molecule has 4 heterocycles. The zero-order chi connectivity index (χ0) is 16.7. The lowest BCUT2D eigenvalue weighted by atomic mass is 10.1. The topological polar surface area (TPSA) is 82.1 Å². The monoisotopic (exact) mass is 328 g/mol. The van der Waals surface area contributed by atoms with Gasteiger partial charge in [0, 0.05) is 17.8 Å². The van der Waals surface area contributed by atoms with Gasteiger partial charge in [-0.15, -0.1) is 0 Å². The minimum Gasteiger partial charge on any atom is -0.390 e. The highest BCUT2D eigenvalue weighted by molar-refractivity contribution is 5.89. The van der Waals surface area contributed by atoms with Crippen LogP contribution in [0.25, 0.3) is 11.3 Å². The molecule has 1 fully saturated rings. The summed E-state index contributed by atoms with van der Waals surface area (Å²) in [6.07, 6.45) is 9.19. The number of imidazole rings is 1. The highest BCUT2D eigenvalue weighted by Gasteiger charge is 2.39. The highest BCUT2D eigenvalue weighted by Crippen LogP contribution is 2.38. The molecule has 124 valence electrons. The standard InChI is InChI=1S/C17H17FN4O2/c18-16-11(6-7-19-13(16)9-23)12-8-20-17(21-12)14-5-4-10-2-1-3-15(24)22(10)14/h1,3,6-8,10,14,23H,2,4-5,9H2,(H,20,21). The third kappa shape index (κ3) is 2.32. The Morgan fingerprint density at radius 2 is 2.25 bits per heavy atom. The number of H-pyrrole nitrogens is 1. The molecule has 1 saturated heterocycles. The van der Waals surface area contributed by atoms with Gasteiger partial charge in [0.25, 0.3) is 0 Å². The molecule has 0 aliphatic carbocycles. The van der Waals surface area contributed by atoms with E-state index in [9.17, 15) is 9.18 Å². The van der Waals surface area contributed by atoms with Gasteiger partial charge in [0.1, 0.15) is 11.5 Å². The van der Waals surface area contributed by atoms with Crippen LogP contribution >= 0.6 is 0 Å². The zero-order valence-electron chi connectivity index (χ0n) is 12.9. The number of aliphatic hydroxyl groups is 1. The smallest absolute Gasteiger partial charge is 0.247 e. The molecule has 6 nitrogen and oxygen atoms in total. The maximum atomic E-state index is 14.3. The number of carbonyl (C=O) groups excluding carboxylic acids is 1. The molecule has 0 saturated carbocycles. The second kappa shape index (κ2) is 5.83. The van der Waals surface area contributed by atoms with E-state index in [0.29, 0.717) is 17.1 Å². The lowest BCUT2D eigenvalue weighted by molar-refractivity contribution is -0.129. The molecule has 0 aromatic carbocycles. The number of rotatable bonds is 3. The van der Waals surface area contributed by atoms with E-state index in [1.807, 2.05) is 11.0 Å². The van der Waals surface area contributed by atoms with Crippen LogP contribution in [0, 0.1) is 5.82 Å². The van der Waals surface area contributed by atoms with Crippen molar-refractivity contribution in [3.8, 4) is 11.3 Å². The van der Waals surface area contributed by atoms with Gasteiger partial charge in [-0.05, 0) is 31.4 Å². The fourth-order valence-electron chi connectivity index (χ4n) is 3.58. The van der Waals surface area contributed by atoms with Crippen molar-refractivity contribution in [1.29, 1.82) is 0 Å². The largest absolute Gasteiger partial charge is 0.390 e. The Labute approximate surface area is 138 Å². The summed E-state index contributed by atoms with van der Waals surface area (Å²) in [7, 11) is 0. The molecule has 2 aliphatic rings. The van der Waals surface area contributed by atoms with Gasteiger partial charge in [-0.25, -0.2) is 9.37 Å². The molecule has 2 N–H and O–H groups in total. The van der Waals surface area contributed by atoms with Crippen molar-refractivity contribution in [3.05, 3.63) is 47.9 Å². The van der Waals surface area contributed by atoms with Crippen molar-refractivity contribution in [1.82, 2.24) is 19.9 Å². The van der Waals surface area contributed by atoms with E-state index in [1.54, 1.807) is 12.3 Å². The number of aromatic nitrogens is 3. The first-order valence-corrected chi connectivity index (χ1v) is 7.97. The van der Waals surface area contributed by atoms with Crippen molar-refractivity contribution in [2.45, 2.75) is 38.0 Å². The fraction of sp³-hybridized carbons (Fsp3) is 0.353. The summed E-state index contributed by atoms with van der Waals surface area (Å²) >= 11 is 0. The summed E-state index contributed by atoms with van der Waals surface area (Å²) in [5, 5.41) is 9.15. The summed E-state index contributed by atoms with van der Waals surface area (Å²) in [5.74, 6) is 0.110.